The first-order valence-electron chi connectivity index (χ1n) is 5.61. The van der Waals surface area contributed by atoms with Gasteiger partial charge in [0.1, 0.15) is 0 Å². The van der Waals surface area contributed by atoms with Crippen molar-refractivity contribution < 1.29 is 9.94 Å². The van der Waals surface area contributed by atoms with Gasteiger partial charge in [-0.3, -0.25) is 4.84 Å². The average molecular weight is 223 g/mol. The topological polar surface area (TPSA) is 41.5 Å². The summed E-state index contributed by atoms with van der Waals surface area (Å²) in [5.41, 5.74) is 3.39. The summed E-state index contributed by atoms with van der Waals surface area (Å²) in [4.78, 5) is 5.37. The fourth-order valence-electron chi connectivity index (χ4n) is 1.63. The summed E-state index contributed by atoms with van der Waals surface area (Å²) >= 11 is 0. The van der Waals surface area contributed by atoms with Crippen LogP contribution < -0.4 is 5.48 Å². The van der Waals surface area contributed by atoms with Crippen LogP contribution in [0.3, 0.4) is 0 Å². The summed E-state index contributed by atoms with van der Waals surface area (Å²) in [5.74, 6) is 0. The maximum atomic E-state index is 9.61. The first-order valence-corrected chi connectivity index (χ1v) is 5.61. The highest BCUT2D eigenvalue weighted by Gasteiger charge is 2.16. The van der Waals surface area contributed by atoms with Crippen LogP contribution in [0.2, 0.25) is 0 Å². The van der Waals surface area contributed by atoms with Gasteiger partial charge in [0.05, 0.1) is 12.2 Å². The lowest BCUT2D eigenvalue weighted by molar-refractivity contribution is -0.0191. The van der Waals surface area contributed by atoms with Gasteiger partial charge in [0.15, 0.2) is 0 Å². The zero-order valence-corrected chi connectivity index (χ0v) is 10.2. The van der Waals surface area contributed by atoms with Gasteiger partial charge in [-0.1, -0.05) is 30.3 Å². The van der Waals surface area contributed by atoms with E-state index in [2.05, 4.69) is 5.48 Å². The molecule has 0 amide bonds. The summed E-state index contributed by atoms with van der Waals surface area (Å²) in [7, 11) is 0. The van der Waals surface area contributed by atoms with Crippen molar-refractivity contribution in [2.75, 3.05) is 0 Å². The molecule has 0 aliphatic heterocycles. The Balaban J connectivity index is 2.21. The monoisotopic (exact) mass is 223 g/mol. The Hall–Kier alpha value is -0.900. The van der Waals surface area contributed by atoms with Crippen molar-refractivity contribution in [3.05, 3.63) is 35.9 Å². The first-order chi connectivity index (χ1) is 7.47. The molecule has 3 heteroatoms. The van der Waals surface area contributed by atoms with Gasteiger partial charge in [-0.05, 0) is 32.8 Å². The molecule has 0 heterocycles. The third kappa shape index (κ3) is 5.85. The zero-order chi connectivity index (χ0) is 12.0. The van der Waals surface area contributed by atoms with Crippen LogP contribution in [0.1, 0.15) is 32.8 Å². The second kappa shape index (κ2) is 5.99. The SMILES string of the molecule is CC(CC(C)(C)O)NOCc1ccccc1. The minimum atomic E-state index is -0.664. The maximum absolute atomic E-state index is 9.61. The highest BCUT2D eigenvalue weighted by molar-refractivity contribution is 5.13. The molecule has 1 rings (SSSR count). The molecular weight excluding hydrogens is 202 g/mol. The van der Waals surface area contributed by atoms with Gasteiger partial charge in [0.25, 0.3) is 0 Å². The lowest BCUT2D eigenvalue weighted by atomic mass is 10.0. The Bertz CT molecular complexity index is 293. The van der Waals surface area contributed by atoms with Crippen LogP contribution in [0, 0.1) is 0 Å². The number of benzene rings is 1. The quantitative estimate of drug-likeness (QED) is 0.727. The molecule has 16 heavy (non-hydrogen) atoms. The van der Waals surface area contributed by atoms with Crippen LogP contribution in [0.25, 0.3) is 0 Å². The van der Waals surface area contributed by atoms with E-state index in [1.807, 2.05) is 37.3 Å². The van der Waals surface area contributed by atoms with Crippen molar-refractivity contribution in [1.29, 1.82) is 0 Å². The molecule has 0 saturated heterocycles. The summed E-state index contributed by atoms with van der Waals surface area (Å²) in [5, 5.41) is 9.61. The fourth-order valence-corrected chi connectivity index (χ4v) is 1.63. The molecule has 0 aliphatic rings. The van der Waals surface area contributed by atoms with Crippen molar-refractivity contribution in [3.63, 3.8) is 0 Å². The van der Waals surface area contributed by atoms with Gasteiger partial charge in [-0.15, -0.1) is 0 Å². The molecule has 1 aromatic carbocycles. The van der Waals surface area contributed by atoms with E-state index < -0.39 is 5.60 Å². The number of hydroxylamine groups is 1. The second-order valence-corrected chi connectivity index (χ2v) is 4.81. The van der Waals surface area contributed by atoms with Gasteiger partial charge in [0, 0.05) is 6.04 Å². The van der Waals surface area contributed by atoms with E-state index in [1.54, 1.807) is 13.8 Å². The Morgan fingerprint density at radius 3 is 2.50 bits per heavy atom. The van der Waals surface area contributed by atoms with Gasteiger partial charge < -0.3 is 5.11 Å². The molecule has 1 unspecified atom stereocenters. The minimum absolute atomic E-state index is 0.128. The first kappa shape index (κ1) is 13.2. The van der Waals surface area contributed by atoms with E-state index in [9.17, 15) is 5.11 Å². The normalized spacial score (nSPS) is 13.8. The molecule has 1 atom stereocenters. The number of hydrogen-bond acceptors (Lipinski definition) is 3. The number of aliphatic hydroxyl groups is 1. The summed E-state index contributed by atoms with van der Waals surface area (Å²) in [6.45, 7) is 6.12. The minimum Gasteiger partial charge on any atom is -0.390 e. The number of hydrogen-bond donors (Lipinski definition) is 2. The molecule has 0 saturated carbocycles. The van der Waals surface area contributed by atoms with Crippen LogP contribution >= 0.6 is 0 Å². The van der Waals surface area contributed by atoms with Crippen molar-refractivity contribution in [1.82, 2.24) is 5.48 Å². The van der Waals surface area contributed by atoms with E-state index in [1.165, 1.54) is 0 Å². The van der Waals surface area contributed by atoms with E-state index in [4.69, 9.17) is 4.84 Å². The molecule has 90 valence electrons. The van der Waals surface area contributed by atoms with Crippen LogP contribution in [-0.2, 0) is 11.4 Å². The van der Waals surface area contributed by atoms with Crippen molar-refractivity contribution in [2.45, 2.75) is 45.4 Å². The summed E-state index contributed by atoms with van der Waals surface area (Å²) in [6, 6.07) is 10.1. The predicted molar refractivity (Wildman–Crippen MR) is 64.7 cm³/mol. The molecule has 1 aromatic rings. The van der Waals surface area contributed by atoms with Gasteiger partial charge in [0.2, 0.25) is 0 Å². The molecule has 0 aliphatic carbocycles. The van der Waals surface area contributed by atoms with Crippen molar-refractivity contribution >= 4 is 0 Å². The molecule has 0 aromatic heterocycles. The molecule has 3 nitrogen and oxygen atoms in total. The predicted octanol–water partition coefficient (Wildman–Crippen LogP) is 2.26. The summed E-state index contributed by atoms with van der Waals surface area (Å²) < 4.78 is 0. The van der Waals surface area contributed by atoms with Gasteiger partial charge in [-0.25, -0.2) is 0 Å². The van der Waals surface area contributed by atoms with Crippen molar-refractivity contribution in [3.8, 4) is 0 Å². The lowest BCUT2D eigenvalue weighted by Gasteiger charge is -2.22. The molecule has 0 bridgehead atoms. The van der Waals surface area contributed by atoms with Gasteiger partial charge in [-0.2, -0.15) is 5.48 Å². The maximum Gasteiger partial charge on any atom is 0.0933 e. The largest absolute Gasteiger partial charge is 0.390 e. The van der Waals surface area contributed by atoms with E-state index >= 15 is 0 Å². The number of nitrogens with one attached hydrogen (secondary N) is 1. The smallest absolute Gasteiger partial charge is 0.0933 e. The van der Waals surface area contributed by atoms with Crippen LogP contribution in [0.15, 0.2) is 30.3 Å². The summed E-state index contributed by atoms with van der Waals surface area (Å²) in [6.07, 6.45) is 0.655. The van der Waals surface area contributed by atoms with E-state index in [-0.39, 0.29) is 6.04 Å². The fraction of sp³-hybridized carbons (Fsp3) is 0.538. The average Bonchev–Trinajstić information content (AvgIpc) is 2.16. The second-order valence-electron chi connectivity index (χ2n) is 4.81. The molecule has 2 N–H and O–H groups in total. The Morgan fingerprint density at radius 2 is 1.94 bits per heavy atom. The number of rotatable bonds is 6. The van der Waals surface area contributed by atoms with Gasteiger partial charge >= 0.3 is 0 Å². The Morgan fingerprint density at radius 1 is 1.31 bits per heavy atom. The third-order valence-electron chi connectivity index (χ3n) is 2.17. The zero-order valence-electron chi connectivity index (χ0n) is 10.2. The van der Waals surface area contributed by atoms with Crippen LogP contribution in [0.4, 0.5) is 0 Å². The Labute approximate surface area is 97.4 Å². The van der Waals surface area contributed by atoms with Crippen molar-refractivity contribution in [2.24, 2.45) is 0 Å². The third-order valence-corrected chi connectivity index (χ3v) is 2.17. The molecule has 0 radical (unpaired) electrons. The Kier molecular flexibility index (Phi) is 4.93. The molecule has 0 fully saturated rings. The van der Waals surface area contributed by atoms with E-state index in [0.717, 1.165) is 5.56 Å². The molecular formula is C13H21NO2. The van der Waals surface area contributed by atoms with E-state index in [0.29, 0.717) is 13.0 Å². The van der Waals surface area contributed by atoms with Crippen LogP contribution in [0.5, 0.6) is 0 Å². The standard InChI is InChI=1S/C13H21NO2/c1-11(9-13(2,3)15)14-16-10-12-7-5-4-6-8-12/h4-8,11,14-15H,9-10H2,1-3H3. The van der Waals surface area contributed by atoms with Crippen LogP contribution in [-0.4, -0.2) is 16.7 Å². The highest BCUT2D eigenvalue weighted by Crippen LogP contribution is 2.10. The highest BCUT2D eigenvalue weighted by atomic mass is 16.6. The lowest BCUT2D eigenvalue weighted by Crippen LogP contribution is -2.34. The molecule has 0 spiro atoms.